The third-order valence-corrected chi connectivity index (χ3v) is 6.38. The number of hydrogen-bond donors (Lipinski definition) is 1. The van der Waals surface area contributed by atoms with Crippen LogP contribution >= 0.6 is 0 Å². The van der Waals surface area contributed by atoms with E-state index in [4.69, 9.17) is 4.74 Å². The molecule has 5 rings (SSSR count). The number of fused-ring (bicyclic) bond motifs is 4. The summed E-state index contributed by atoms with van der Waals surface area (Å²) in [5.41, 5.74) is 4.95. The van der Waals surface area contributed by atoms with Crippen LogP contribution in [0.4, 0.5) is 4.79 Å². The maximum absolute atomic E-state index is 12.7. The first kappa shape index (κ1) is 15.9. The molecule has 2 aromatic carbocycles. The molecule has 0 spiro atoms. The van der Waals surface area contributed by atoms with Gasteiger partial charge in [-0.05, 0) is 41.5 Å². The first-order chi connectivity index (χ1) is 12.7. The van der Waals surface area contributed by atoms with Gasteiger partial charge in [0.2, 0.25) is 0 Å². The molecular formula is C22H23NO3. The van der Waals surface area contributed by atoms with Gasteiger partial charge in [-0.25, -0.2) is 4.79 Å². The number of carbonyl (C=O) groups excluding carboxylic acids is 1. The smallest absolute Gasteiger partial charge is 0.410 e. The van der Waals surface area contributed by atoms with Gasteiger partial charge >= 0.3 is 6.09 Å². The summed E-state index contributed by atoms with van der Waals surface area (Å²) in [5, 5.41) is 9.88. The van der Waals surface area contributed by atoms with Crippen LogP contribution in [0.3, 0.4) is 0 Å². The number of nitrogens with zero attached hydrogens (tertiary/aromatic N) is 1. The second kappa shape index (κ2) is 6.13. The highest BCUT2D eigenvalue weighted by molar-refractivity contribution is 5.79. The zero-order chi connectivity index (χ0) is 17.7. The molecule has 26 heavy (non-hydrogen) atoms. The zero-order valence-corrected chi connectivity index (χ0v) is 14.7. The lowest BCUT2D eigenvalue weighted by Crippen LogP contribution is -2.60. The number of benzene rings is 2. The summed E-state index contributed by atoms with van der Waals surface area (Å²) >= 11 is 0. The van der Waals surface area contributed by atoms with Crippen LogP contribution in [0.2, 0.25) is 0 Å². The topological polar surface area (TPSA) is 49.8 Å². The minimum atomic E-state index is -0.246. The minimum Gasteiger partial charge on any atom is -0.448 e. The van der Waals surface area contributed by atoms with Crippen LogP contribution in [-0.4, -0.2) is 41.4 Å². The third-order valence-electron chi connectivity index (χ3n) is 6.38. The van der Waals surface area contributed by atoms with E-state index in [0.29, 0.717) is 13.0 Å². The van der Waals surface area contributed by atoms with Crippen molar-refractivity contribution in [1.82, 2.24) is 4.90 Å². The molecule has 1 N–H and O–H groups in total. The summed E-state index contributed by atoms with van der Waals surface area (Å²) in [5.74, 6) is 0.336. The Morgan fingerprint density at radius 1 is 1.08 bits per heavy atom. The standard InChI is InChI=1S/C22H23NO3/c24-21-12-20-18(21)10-5-11-23(20)22(25)26-13-19-16-8-3-1-6-14(16)15-7-2-4-9-17(15)19/h1-4,6-9,18-21,24H,5,10-13H2/t18-,20-,21-/m1/s1. The van der Waals surface area contributed by atoms with Crippen molar-refractivity contribution < 1.29 is 14.6 Å². The highest BCUT2D eigenvalue weighted by atomic mass is 16.6. The van der Waals surface area contributed by atoms with E-state index >= 15 is 0 Å². The third kappa shape index (κ3) is 2.36. The maximum atomic E-state index is 12.7. The van der Waals surface area contributed by atoms with Crippen molar-refractivity contribution in [3.05, 3.63) is 59.7 Å². The van der Waals surface area contributed by atoms with Crippen molar-refractivity contribution in [3.8, 4) is 11.1 Å². The molecule has 0 aromatic heterocycles. The quantitative estimate of drug-likeness (QED) is 0.898. The highest BCUT2D eigenvalue weighted by Crippen LogP contribution is 2.45. The van der Waals surface area contributed by atoms with Crippen molar-refractivity contribution in [2.45, 2.75) is 37.3 Å². The van der Waals surface area contributed by atoms with Gasteiger partial charge in [0.1, 0.15) is 6.61 Å². The van der Waals surface area contributed by atoms with Crippen molar-refractivity contribution >= 4 is 6.09 Å². The molecule has 2 fully saturated rings. The molecule has 4 heteroatoms. The van der Waals surface area contributed by atoms with Crippen LogP contribution in [0.15, 0.2) is 48.5 Å². The predicted octanol–water partition coefficient (Wildman–Crippen LogP) is 3.78. The van der Waals surface area contributed by atoms with Crippen LogP contribution in [0, 0.1) is 5.92 Å². The fourth-order valence-corrected chi connectivity index (χ4v) is 4.97. The molecule has 0 unspecified atom stereocenters. The Balaban J connectivity index is 1.33. The molecule has 3 atom stereocenters. The van der Waals surface area contributed by atoms with Gasteiger partial charge in [-0.3, -0.25) is 0 Å². The second-order valence-electron chi connectivity index (χ2n) is 7.67. The number of likely N-dealkylation sites (tertiary alicyclic amines) is 1. The molecule has 1 aliphatic heterocycles. The normalized spacial score (nSPS) is 26.5. The molecule has 1 amide bonds. The first-order valence-corrected chi connectivity index (χ1v) is 9.53. The Hall–Kier alpha value is -2.33. The number of carbonyl (C=O) groups is 1. The molecule has 134 valence electrons. The number of rotatable bonds is 2. The molecule has 2 aliphatic carbocycles. The van der Waals surface area contributed by atoms with E-state index in [-0.39, 0.29) is 30.1 Å². The molecule has 1 saturated heterocycles. The van der Waals surface area contributed by atoms with Crippen molar-refractivity contribution in [1.29, 1.82) is 0 Å². The van der Waals surface area contributed by atoms with Crippen LogP contribution < -0.4 is 0 Å². The largest absolute Gasteiger partial charge is 0.448 e. The van der Waals surface area contributed by atoms with Crippen LogP contribution in [0.5, 0.6) is 0 Å². The molecule has 0 bridgehead atoms. The van der Waals surface area contributed by atoms with Gasteiger partial charge in [0.15, 0.2) is 0 Å². The summed E-state index contributed by atoms with van der Waals surface area (Å²) in [4.78, 5) is 14.5. The van der Waals surface area contributed by atoms with E-state index in [0.717, 1.165) is 19.4 Å². The number of hydrogen-bond acceptors (Lipinski definition) is 3. The molecular weight excluding hydrogens is 326 g/mol. The molecule has 4 nitrogen and oxygen atoms in total. The molecule has 3 aliphatic rings. The molecule has 1 heterocycles. The zero-order valence-electron chi connectivity index (χ0n) is 14.7. The SMILES string of the molecule is O=C(OCC1c2ccccc2-c2ccccc21)N1CCC[C@H]2[C@H](O)C[C@H]21. The summed E-state index contributed by atoms with van der Waals surface area (Å²) in [6.07, 6.45) is 2.17. The summed E-state index contributed by atoms with van der Waals surface area (Å²) in [6.45, 7) is 1.11. The van der Waals surface area contributed by atoms with Gasteiger partial charge in [-0.1, -0.05) is 48.5 Å². The van der Waals surface area contributed by atoms with Crippen LogP contribution in [0.25, 0.3) is 11.1 Å². The van der Waals surface area contributed by atoms with Gasteiger partial charge in [-0.2, -0.15) is 0 Å². The van der Waals surface area contributed by atoms with Gasteiger partial charge in [0, 0.05) is 24.4 Å². The lowest BCUT2D eigenvalue weighted by molar-refractivity contribution is -0.0815. The van der Waals surface area contributed by atoms with E-state index in [1.807, 2.05) is 17.0 Å². The lowest BCUT2D eigenvalue weighted by atomic mass is 9.71. The van der Waals surface area contributed by atoms with Crippen molar-refractivity contribution in [3.63, 3.8) is 0 Å². The Morgan fingerprint density at radius 2 is 1.73 bits per heavy atom. The van der Waals surface area contributed by atoms with E-state index < -0.39 is 0 Å². The van der Waals surface area contributed by atoms with E-state index in [1.54, 1.807) is 0 Å². The second-order valence-corrected chi connectivity index (χ2v) is 7.67. The first-order valence-electron chi connectivity index (χ1n) is 9.53. The minimum absolute atomic E-state index is 0.0962. The van der Waals surface area contributed by atoms with Gasteiger partial charge in [0.25, 0.3) is 0 Å². The van der Waals surface area contributed by atoms with Crippen molar-refractivity contribution in [2.75, 3.05) is 13.2 Å². The number of amides is 1. The monoisotopic (exact) mass is 349 g/mol. The Bertz CT molecular complexity index is 803. The maximum Gasteiger partial charge on any atom is 0.410 e. The Morgan fingerprint density at radius 3 is 2.38 bits per heavy atom. The molecule has 2 aromatic rings. The lowest BCUT2D eigenvalue weighted by Gasteiger charge is -2.50. The van der Waals surface area contributed by atoms with Crippen molar-refractivity contribution in [2.24, 2.45) is 5.92 Å². The number of piperidine rings is 1. The Kier molecular flexibility index (Phi) is 3.75. The average Bonchev–Trinajstić information content (AvgIpc) is 2.99. The van der Waals surface area contributed by atoms with Gasteiger partial charge < -0.3 is 14.7 Å². The highest BCUT2D eigenvalue weighted by Gasteiger charge is 2.47. The summed E-state index contributed by atoms with van der Waals surface area (Å²) < 4.78 is 5.77. The van der Waals surface area contributed by atoms with E-state index in [1.165, 1.54) is 22.3 Å². The Labute approximate surface area is 153 Å². The van der Waals surface area contributed by atoms with E-state index in [2.05, 4.69) is 36.4 Å². The predicted molar refractivity (Wildman–Crippen MR) is 98.9 cm³/mol. The van der Waals surface area contributed by atoms with E-state index in [9.17, 15) is 9.90 Å². The van der Waals surface area contributed by atoms with Crippen LogP contribution in [0.1, 0.15) is 36.3 Å². The molecule has 0 radical (unpaired) electrons. The van der Waals surface area contributed by atoms with Gasteiger partial charge in [0.05, 0.1) is 6.10 Å². The average molecular weight is 349 g/mol. The molecule has 1 saturated carbocycles. The fourth-order valence-electron chi connectivity index (χ4n) is 4.97. The fraction of sp³-hybridized carbons (Fsp3) is 0.409. The van der Waals surface area contributed by atoms with Gasteiger partial charge in [-0.15, -0.1) is 0 Å². The summed E-state index contributed by atoms with van der Waals surface area (Å²) in [6, 6.07) is 16.9. The summed E-state index contributed by atoms with van der Waals surface area (Å²) in [7, 11) is 0. The van der Waals surface area contributed by atoms with Crippen LogP contribution in [-0.2, 0) is 4.74 Å². The number of aliphatic hydroxyl groups excluding tert-OH is 1. The number of aliphatic hydroxyl groups is 1. The number of ether oxygens (including phenoxy) is 1.